The average Bonchev–Trinajstić information content (AvgIpc) is 2.83. The quantitative estimate of drug-likeness (QED) is 0.752. The van der Waals surface area contributed by atoms with Gasteiger partial charge in [-0.15, -0.1) is 0 Å². The Bertz CT molecular complexity index is 417. The number of hydrogen-bond acceptors (Lipinski definition) is 4. The van der Waals surface area contributed by atoms with Gasteiger partial charge in [-0.2, -0.15) is 5.26 Å². The lowest BCUT2D eigenvalue weighted by molar-refractivity contribution is -0.136. The second kappa shape index (κ2) is 4.42. The maximum Gasteiger partial charge on any atom is 0.321 e. The Morgan fingerprint density at radius 1 is 1.56 bits per heavy atom. The zero-order chi connectivity index (χ0) is 12.4. The average molecular weight is 245 g/mol. The Hall–Kier alpha value is -1.09. The molecule has 0 heterocycles. The number of nitrogens with zero attached hydrogens (tertiary/aromatic N) is 1. The second-order valence-electron chi connectivity index (χ2n) is 4.38. The Balaban J connectivity index is 2.80. The first-order chi connectivity index (χ1) is 7.37. The molecule has 90 valence electrons. The van der Waals surface area contributed by atoms with E-state index in [0.29, 0.717) is 12.8 Å². The van der Waals surface area contributed by atoms with Gasteiger partial charge in [-0.3, -0.25) is 4.79 Å². The number of nitriles is 1. The normalized spacial score (nSPS) is 19.8. The first-order valence-corrected chi connectivity index (χ1v) is 6.90. The topological polar surface area (TPSA) is 95.2 Å². The van der Waals surface area contributed by atoms with Crippen molar-refractivity contribution in [1.29, 1.82) is 5.26 Å². The molecular formula is C10H15NO4S. The number of carboxylic acids is 1. The first-order valence-electron chi connectivity index (χ1n) is 5.18. The van der Waals surface area contributed by atoms with Gasteiger partial charge >= 0.3 is 5.97 Å². The van der Waals surface area contributed by atoms with Crippen molar-refractivity contribution in [3.05, 3.63) is 0 Å². The van der Waals surface area contributed by atoms with Crippen LogP contribution < -0.4 is 0 Å². The molecule has 0 radical (unpaired) electrons. The highest BCUT2D eigenvalue weighted by molar-refractivity contribution is 7.92. The zero-order valence-electron chi connectivity index (χ0n) is 9.14. The van der Waals surface area contributed by atoms with Gasteiger partial charge in [0.2, 0.25) is 0 Å². The van der Waals surface area contributed by atoms with E-state index < -0.39 is 26.5 Å². The van der Waals surface area contributed by atoms with Gasteiger partial charge < -0.3 is 5.11 Å². The van der Waals surface area contributed by atoms with Gasteiger partial charge in [-0.05, 0) is 24.7 Å². The predicted octanol–water partition coefficient (Wildman–Crippen LogP) is 0.958. The van der Waals surface area contributed by atoms with E-state index in [-0.39, 0.29) is 18.6 Å². The summed E-state index contributed by atoms with van der Waals surface area (Å²) in [5, 5.41) is 16.1. The monoisotopic (exact) mass is 245 g/mol. The number of aliphatic carboxylic acids is 1. The van der Waals surface area contributed by atoms with Crippen LogP contribution in [-0.4, -0.2) is 30.5 Å². The largest absolute Gasteiger partial charge is 0.480 e. The third kappa shape index (κ3) is 2.73. The molecule has 0 spiro atoms. The number of carboxylic acid groups (broad SMARTS) is 1. The van der Waals surface area contributed by atoms with Crippen LogP contribution in [0, 0.1) is 16.7 Å². The van der Waals surface area contributed by atoms with Crippen LogP contribution in [0.4, 0.5) is 0 Å². The number of carbonyl (C=O) groups is 1. The molecule has 1 fully saturated rings. The summed E-state index contributed by atoms with van der Waals surface area (Å²) in [6, 6.07) is 1.97. The molecule has 0 aromatic rings. The molecule has 1 aliphatic rings. The molecule has 16 heavy (non-hydrogen) atoms. The van der Waals surface area contributed by atoms with Crippen LogP contribution in [-0.2, 0) is 14.6 Å². The third-order valence-corrected chi connectivity index (χ3v) is 5.41. The standard InChI is InChI=1S/C10H15NO4S/c1-2-8(9(12)13)16(14,15)7-10(3-4-10)5-6-11/h8H,2-5,7H2,1H3,(H,12,13). The number of sulfone groups is 1. The molecule has 1 atom stereocenters. The van der Waals surface area contributed by atoms with E-state index in [1.54, 1.807) is 6.92 Å². The van der Waals surface area contributed by atoms with Crippen LogP contribution in [0.3, 0.4) is 0 Å². The molecule has 1 rings (SSSR count). The van der Waals surface area contributed by atoms with Crippen molar-refractivity contribution in [3.8, 4) is 6.07 Å². The summed E-state index contributed by atoms with van der Waals surface area (Å²) >= 11 is 0. The summed E-state index contributed by atoms with van der Waals surface area (Å²) in [6.07, 6.45) is 1.67. The van der Waals surface area contributed by atoms with Gasteiger partial charge in [0.25, 0.3) is 0 Å². The van der Waals surface area contributed by atoms with E-state index in [1.807, 2.05) is 6.07 Å². The van der Waals surface area contributed by atoms with Crippen molar-refractivity contribution in [1.82, 2.24) is 0 Å². The minimum absolute atomic E-state index is 0.0697. The molecule has 1 unspecified atom stereocenters. The summed E-state index contributed by atoms with van der Waals surface area (Å²) in [5.74, 6) is -1.46. The van der Waals surface area contributed by atoms with Crippen molar-refractivity contribution in [2.45, 2.75) is 37.9 Å². The third-order valence-electron chi connectivity index (χ3n) is 3.00. The second-order valence-corrected chi connectivity index (χ2v) is 6.56. The highest BCUT2D eigenvalue weighted by Crippen LogP contribution is 2.50. The van der Waals surface area contributed by atoms with Crippen molar-refractivity contribution in [2.75, 3.05) is 5.75 Å². The smallest absolute Gasteiger partial charge is 0.321 e. The minimum Gasteiger partial charge on any atom is -0.480 e. The molecule has 0 saturated heterocycles. The van der Waals surface area contributed by atoms with Crippen molar-refractivity contribution in [3.63, 3.8) is 0 Å². The van der Waals surface area contributed by atoms with E-state index >= 15 is 0 Å². The van der Waals surface area contributed by atoms with E-state index in [1.165, 1.54) is 0 Å². The van der Waals surface area contributed by atoms with Crippen LogP contribution in [0.25, 0.3) is 0 Å². The van der Waals surface area contributed by atoms with Crippen LogP contribution in [0.1, 0.15) is 32.6 Å². The molecule has 0 amide bonds. The van der Waals surface area contributed by atoms with Crippen LogP contribution in [0.15, 0.2) is 0 Å². The Morgan fingerprint density at radius 3 is 2.44 bits per heavy atom. The van der Waals surface area contributed by atoms with Crippen molar-refractivity contribution < 1.29 is 18.3 Å². The summed E-state index contributed by atoms with van der Waals surface area (Å²) in [7, 11) is -3.64. The Kier molecular flexibility index (Phi) is 3.58. The molecule has 1 aliphatic carbocycles. The lowest BCUT2D eigenvalue weighted by Gasteiger charge is -2.15. The number of rotatable bonds is 6. The lowest BCUT2D eigenvalue weighted by atomic mass is 10.1. The zero-order valence-corrected chi connectivity index (χ0v) is 9.96. The molecular weight excluding hydrogens is 230 g/mol. The van der Waals surface area contributed by atoms with E-state index in [9.17, 15) is 13.2 Å². The summed E-state index contributed by atoms with van der Waals surface area (Å²) in [5.41, 5.74) is -0.462. The fraction of sp³-hybridized carbons (Fsp3) is 0.800. The summed E-state index contributed by atoms with van der Waals surface area (Å²) in [6.45, 7) is 1.54. The molecule has 1 N–H and O–H groups in total. The molecule has 0 bridgehead atoms. The molecule has 0 aromatic carbocycles. The molecule has 0 aromatic heterocycles. The van der Waals surface area contributed by atoms with Crippen LogP contribution in [0.5, 0.6) is 0 Å². The highest BCUT2D eigenvalue weighted by Gasteiger charge is 2.48. The number of hydrogen-bond donors (Lipinski definition) is 1. The first kappa shape index (κ1) is 13.0. The minimum atomic E-state index is -3.64. The van der Waals surface area contributed by atoms with Crippen LogP contribution >= 0.6 is 0 Å². The van der Waals surface area contributed by atoms with Crippen molar-refractivity contribution in [2.24, 2.45) is 5.41 Å². The maximum absolute atomic E-state index is 11.8. The van der Waals surface area contributed by atoms with Gasteiger partial charge in [-0.25, -0.2) is 8.42 Å². The Morgan fingerprint density at radius 2 is 2.12 bits per heavy atom. The molecule has 0 aliphatic heterocycles. The SMILES string of the molecule is CCC(C(=O)O)S(=O)(=O)CC1(CC#N)CC1. The predicted molar refractivity (Wildman–Crippen MR) is 57.4 cm³/mol. The van der Waals surface area contributed by atoms with Crippen LogP contribution in [0.2, 0.25) is 0 Å². The Labute approximate surface area is 95.0 Å². The van der Waals surface area contributed by atoms with Crippen molar-refractivity contribution >= 4 is 15.8 Å². The van der Waals surface area contributed by atoms with Gasteiger partial charge in [0.1, 0.15) is 0 Å². The summed E-state index contributed by atoms with van der Waals surface area (Å²) < 4.78 is 23.7. The van der Waals surface area contributed by atoms with E-state index in [2.05, 4.69) is 0 Å². The summed E-state index contributed by atoms with van der Waals surface area (Å²) in [4.78, 5) is 10.8. The molecule has 5 nitrogen and oxygen atoms in total. The maximum atomic E-state index is 11.8. The van der Waals surface area contributed by atoms with Gasteiger partial charge in [-0.1, -0.05) is 6.92 Å². The molecule has 1 saturated carbocycles. The van der Waals surface area contributed by atoms with E-state index in [4.69, 9.17) is 10.4 Å². The van der Waals surface area contributed by atoms with Gasteiger partial charge in [0, 0.05) is 6.42 Å². The van der Waals surface area contributed by atoms with Gasteiger partial charge in [0.05, 0.1) is 11.8 Å². The lowest BCUT2D eigenvalue weighted by Crippen LogP contribution is -2.34. The molecule has 6 heteroatoms. The van der Waals surface area contributed by atoms with Gasteiger partial charge in [0.15, 0.2) is 15.1 Å². The van der Waals surface area contributed by atoms with E-state index in [0.717, 1.165) is 0 Å². The fourth-order valence-corrected chi connectivity index (χ4v) is 4.09. The highest BCUT2D eigenvalue weighted by atomic mass is 32.2. The fourth-order valence-electron chi connectivity index (χ4n) is 1.83.